The van der Waals surface area contributed by atoms with E-state index in [0.717, 1.165) is 5.56 Å². The molecule has 0 aliphatic heterocycles. The first-order valence-electron chi connectivity index (χ1n) is 10.1. The Morgan fingerprint density at radius 3 is 2.62 bits per heavy atom. The summed E-state index contributed by atoms with van der Waals surface area (Å²) >= 11 is 0. The molecule has 1 aromatic carbocycles. The summed E-state index contributed by atoms with van der Waals surface area (Å²) in [5.41, 5.74) is 7.38. The Labute approximate surface area is 183 Å². The van der Waals surface area contributed by atoms with Gasteiger partial charge in [-0.15, -0.1) is 0 Å². The van der Waals surface area contributed by atoms with Gasteiger partial charge in [-0.1, -0.05) is 11.2 Å². The van der Waals surface area contributed by atoms with E-state index in [1.165, 1.54) is 6.33 Å². The summed E-state index contributed by atoms with van der Waals surface area (Å²) < 4.78 is 36.2. The molecular formula is C20H20N8O3S. The summed E-state index contributed by atoms with van der Waals surface area (Å²) in [4.78, 5) is 17.0. The van der Waals surface area contributed by atoms with Crippen LogP contribution in [0, 0.1) is 13.8 Å². The lowest BCUT2D eigenvalue weighted by Crippen LogP contribution is -2.76. The number of nitrogens with one attached hydrogen (secondary N) is 1. The number of anilines is 1. The molecule has 0 atom stereocenters. The van der Waals surface area contributed by atoms with Gasteiger partial charge >= 0.3 is 0 Å². The lowest BCUT2D eigenvalue weighted by Gasteiger charge is -2.68. The van der Waals surface area contributed by atoms with Crippen LogP contribution in [0.5, 0.6) is 0 Å². The van der Waals surface area contributed by atoms with Crippen LogP contribution in [-0.4, -0.2) is 43.4 Å². The average Bonchev–Trinajstić information content (AvgIpc) is 3.31. The number of imidazole rings is 1. The number of benzene rings is 1. The zero-order valence-corrected chi connectivity index (χ0v) is 18.2. The van der Waals surface area contributed by atoms with Crippen LogP contribution in [0.15, 0.2) is 40.1 Å². The number of aryl methyl sites for hydroxylation is 2. The molecule has 164 valence electrons. The monoisotopic (exact) mass is 452 g/mol. The van der Waals surface area contributed by atoms with Gasteiger partial charge in [0, 0.05) is 17.3 Å². The SMILES string of the molecule is Cc1noc(C23CC(NS(=O)(=O)c4ccc(C)c(-c5cn6c(N)ncnc6n5)c4)(C2)C3)n1. The van der Waals surface area contributed by atoms with E-state index in [1.807, 2.05) is 6.92 Å². The van der Waals surface area contributed by atoms with Crippen molar-refractivity contribution in [2.24, 2.45) is 0 Å². The van der Waals surface area contributed by atoms with Crippen molar-refractivity contribution in [1.82, 2.24) is 34.2 Å². The normalized spacial score (nSPS) is 24.3. The predicted molar refractivity (Wildman–Crippen MR) is 113 cm³/mol. The van der Waals surface area contributed by atoms with Gasteiger partial charge in [0.15, 0.2) is 5.82 Å². The number of rotatable bonds is 5. The van der Waals surface area contributed by atoms with E-state index >= 15 is 0 Å². The summed E-state index contributed by atoms with van der Waals surface area (Å²) in [7, 11) is -3.73. The second-order valence-corrected chi connectivity index (χ2v) is 10.5. The largest absolute Gasteiger partial charge is 0.369 e. The predicted octanol–water partition coefficient (Wildman–Crippen LogP) is 1.53. The molecule has 7 rings (SSSR count). The van der Waals surface area contributed by atoms with Gasteiger partial charge in [0.25, 0.3) is 0 Å². The fourth-order valence-corrected chi connectivity index (χ4v) is 6.41. The first-order valence-corrected chi connectivity index (χ1v) is 11.6. The van der Waals surface area contributed by atoms with Crippen molar-refractivity contribution < 1.29 is 12.9 Å². The van der Waals surface area contributed by atoms with E-state index in [9.17, 15) is 8.42 Å². The molecular weight excluding hydrogens is 432 g/mol. The third-order valence-corrected chi connectivity index (χ3v) is 8.03. The molecule has 3 saturated carbocycles. The van der Waals surface area contributed by atoms with E-state index in [0.29, 0.717) is 48.0 Å². The average molecular weight is 453 g/mol. The van der Waals surface area contributed by atoms with E-state index in [2.05, 4.69) is 29.8 Å². The molecule has 12 heteroatoms. The molecule has 3 aromatic heterocycles. The molecule has 3 aliphatic carbocycles. The van der Waals surface area contributed by atoms with Crippen LogP contribution >= 0.6 is 0 Å². The van der Waals surface area contributed by atoms with Crippen LogP contribution in [0.2, 0.25) is 0 Å². The number of nitrogen functional groups attached to an aromatic ring is 1. The first-order chi connectivity index (χ1) is 15.2. The van der Waals surface area contributed by atoms with E-state index < -0.39 is 15.6 Å². The number of hydrogen-bond donors (Lipinski definition) is 2. The van der Waals surface area contributed by atoms with Crippen molar-refractivity contribution in [3.05, 3.63) is 48.0 Å². The van der Waals surface area contributed by atoms with Crippen molar-refractivity contribution in [2.45, 2.75) is 49.0 Å². The van der Waals surface area contributed by atoms with Crippen molar-refractivity contribution in [3.8, 4) is 11.3 Å². The third-order valence-electron chi connectivity index (χ3n) is 6.46. The van der Waals surface area contributed by atoms with Crippen molar-refractivity contribution in [2.75, 3.05) is 5.73 Å². The van der Waals surface area contributed by atoms with Crippen LogP contribution in [0.25, 0.3) is 17.0 Å². The van der Waals surface area contributed by atoms with Gasteiger partial charge in [0.05, 0.1) is 16.0 Å². The summed E-state index contributed by atoms with van der Waals surface area (Å²) in [6, 6.07) is 5.01. The summed E-state index contributed by atoms with van der Waals surface area (Å²) in [5, 5.41) is 3.85. The number of sulfonamides is 1. The van der Waals surface area contributed by atoms with E-state index in [-0.39, 0.29) is 16.3 Å². The standard InChI is InChI=1S/C20H20N8O3S/c1-11-3-4-13(5-14(11)15-6-28-17(21)22-10-23-18(28)25-15)32(29,30)27-20-7-19(8-20,9-20)16-24-12(2)26-31-16/h3-6,10,27H,7-9H2,1-2H3,(H2,21,22,23,25). The second-order valence-electron chi connectivity index (χ2n) is 8.85. The van der Waals surface area contributed by atoms with Crippen LogP contribution in [-0.2, 0) is 15.4 Å². The lowest BCUT2D eigenvalue weighted by atomic mass is 9.40. The van der Waals surface area contributed by atoms with Crippen LogP contribution in [0.1, 0.15) is 36.5 Å². The number of aromatic nitrogens is 6. The minimum absolute atomic E-state index is 0.182. The molecule has 3 heterocycles. The highest BCUT2D eigenvalue weighted by Crippen LogP contribution is 2.67. The van der Waals surface area contributed by atoms with Gasteiger partial charge in [0.2, 0.25) is 27.6 Å². The fraction of sp³-hybridized carbons (Fsp3) is 0.350. The van der Waals surface area contributed by atoms with Crippen LogP contribution < -0.4 is 10.5 Å². The Kier molecular flexibility index (Phi) is 3.69. The molecule has 3 aliphatic rings. The zero-order chi connectivity index (χ0) is 22.3. The van der Waals surface area contributed by atoms with Gasteiger partial charge in [-0.2, -0.15) is 4.98 Å². The second kappa shape index (κ2) is 6.11. The molecule has 0 radical (unpaired) electrons. The van der Waals surface area contributed by atoms with Gasteiger partial charge in [-0.25, -0.2) is 28.1 Å². The molecule has 0 amide bonds. The minimum atomic E-state index is -3.73. The highest BCUT2D eigenvalue weighted by Gasteiger charge is 2.72. The number of hydrogen-bond acceptors (Lipinski definition) is 9. The Morgan fingerprint density at radius 1 is 1.16 bits per heavy atom. The fourth-order valence-electron chi connectivity index (χ4n) is 4.99. The minimum Gasteiger partial charge on any atom is -0.369 e. The maximum Gasteiger partial charge on any atom is 0.241 e. The lowest BCUT2D eigenvalue weighted by molar-refractivity contribution is -0.0909. The number of nitrogens with two attached hydrogens (primary N) is 1. The van der Waals surface area contributed by atoms with Gasteiger partial charge in [0.1, 0.15) is 6.33 Å². The third kappa shape index (κ3) is 2.69. The highest BCUT2D eigenvalue weighted by atomic mass is 32.2. The molecule has 3 N–H and O–H groups in total. The molecule has 0 spiro atoms. The maximum absolute atomic E-state index is 13.2. The Hall–Kier alpha value is -3.38. The molecule has 4 aromatic rings. The molecule has 32 heavy (non-hydrogen) atoms. The Morgan fingerprint density at radius 2 is 1.94 bits per heavy atom. The van der Waals surface area contributed by atoms with E-state index in [1.54, 1.807) is 35.7 Å². The van der Waals surface area contributed by atoms with Crippen molar-refractivity contribution in [1.29, 1.82) is 0 Å². The Bertz CT molecular complexity index is 1490. The Balaban J connectivity index is 1.28. The maximum atomic E-state index is 13.2. The van der Waals surface area contributed by atoms with Crippen LogP contribution in [0.3, 0.4) is 0 Å². The van der Waals surface area contributed by atoms with Gasteiger partial charge in [-0.05, 0) is 50.8 Å². The number of nitrogens with zero attached hydrogens (tertiary/aromatic N) is 6. The molecule has 0 unspecified atom stereocenters. The smallest absolute Gasteiger partial charge is 0.241 e. The van der Waals surface area contributed by atoms with Gasteiger partial charge < -0.3 is 10.3 Å². The molecule has 3 fully saturated rings. The molecule has 0 saturated heterocycles. The van der Waals surface area contributed by atoms with Gasteiger partial charge in [-0.3, -0.25) is 4.40 Å². The highest BCUT2D eigenvalue weighted by molar-refractivity contribution is 7.89. The molecule has 11 nitrogen and oxygen atoms in total. The number of fused-ring (bicyclic) bond motifs is 1. The van der Waals surface area contributed by atoms with E-state index in [4.69, 9.17) is 10.3 Å². The van der Waals surface area contributed by atoms with Crippen molar-refractivity contribution >= 4 is 21.7 Å². The van der Waals surface area contributed by atoms with Crippen molar-refractivity contribution in [3.63, 3.8) is 0 Å². The molecule has 2 bridgehead atoms. The van der Waals surface area contributed by atoms with Crippen LogP contribution in [0.4, 0.5) is 5.95 Å². The summed E-state index contributed by atoms with van der Waals surface area (Å²) in [6.45, 7) is 3.67. The first kappa shape index (κ1) is 19.3. The topological polar surface area (TPSA) is 154 Å². The summed E-state index contributed by atoms with van der Waals surface area (Å²) in [5.74, 6) is 1.84. The quantitative estimate of drug-likeness (QED) is 0.458. The zero-order valence-electron chi connectivity index (χ0n) is 17.4. The summed E-state index contributed by atoms with van der Waals surface area (Å²) in [6.07, 6.45) is 5.01.